The molecule has 1 aliphatic rings. The van der Waals surface area contributed by atoms with E-state index in [0.717, 1.165) is 41.0 Å². The fourth-order valence-corrected chi connectivity index (χ4v) is 3.62. The molecule has 2 rings (SSSR count). The average Bonchev–Trinajstić information content (AvgIpc) is 3.05. The number of likely N-dealkylation sites (N-methyl/N-ethyl adjacent to an activating group) is 1. The molecule has 23 heavy (non-hydrogen) atoms. The SMILES string of the molecule is C=CCN(C)S(=O)(=O)c1ncn(C(=O)N(C)C2CCCCC2)n1. The van der Waals surface area contributed by atoms with Crippen LogP contribution in [0.25, 0.3) is 0 Å². The van der Waals surface area contributed by atoms with Gasteiger partial charge >= 0.3 is 6.03 Å². The minimum absolute atomic E-state index is 0.146. The van der Waals surface area contributed by atoms with Gasteiger partial charge in [0.15, 0.2) is 0 Å². The first kappa shape index (κ1) is 17.6. The summed E-state index contributed by atoms with van der Waals surface area (Å²) in [5, 5.41) is 3.47. The third-order valence-electron chi connectivity index (χ3n) is 4.12. The maximum atomic E-state index is 12.4. The lowest BCUT2D eigenvalue weighted by molar-refractivity contribution is 0.172. The minimum atomic E-state index is -3.82. The molecule has 1 amide bonds. The highest BCUT2D eigenvalue weighted by molar-refractivity contribution is 7.88. The number of hydrogen-bond donors (Lipinski definition) is 0. The van der Waals surface area contributed by atoms with Crippen LogP contribution in [0.2, 0.25) is 0 Å². The summed E-state index contributed by atoms with van der Waals surface area (Å²) < 4.78 is 26.6. The van der Waals surface area contributed by atoms with E-state index in [9.17, 15) is 13.2 Å². The lowest BCUT2D eigenvalue weighted by atomic mass is 9.95. The molecule has 1 fully saturated rings. The molecule has 0 aliphatic heterocycles. The molecule has 1 heterocycles. The first-order valence-electron chi connectivity index (χ1n) is 7.64. The van der Waals surface area contributed by atoms with Gasteiger partial charge in [0.1, 0.15) is 6.33 Å². The molecule has 1 aromatic rings. The summed E-state index contributed by atoms with van der Waals surface area (Å²) in [6.07, 6.45) is 7.94. The van der Waals surface area contributed by atoms with Gasteiger partial charge in [-0.15, -0.1) is 11.7 Å². The van der Waals surface area contributed by atoms with Crippen LogP contribution in [0.5, 0.6) is 0 Å². The third kappa shape index (κ3) is 3.78. The van der Waals surface area contributed by atoms with Gasteiger partial charge in [0.2, 0.25) is 0 Å². The van der Waals surface area contributed by atoms with Gasteiger partial charge in [0, 0.05) is 26.7 Å². The van der Waals surface area contributed by atoms with Crippen molar-refractivity contribution in [1.29, 1.82) is 0 Å². The average molecular weight is 341 g/mol. The van der Waals surface area contributed by atoms with Crippen molar-refractivity contribution in [3.63, 3.8) is 0 Å². The molecule has 8 nitrogen and oxygen atoms in total. The van der Waals surface area contributed by atoms with E-state index in [1.54, 1.807) is 11.9 Å². The second-order valence-corrected chi connectivity index (χ2v) is 7.67. The Hall–Kier alpha value is -1.74. The summed E-state index contributed by atoms with van der Waals surface area (Å²) in [5.74, 6) is 0. The maximum absolute atomic E-state index is 12.4. The van der Waals surface area contributed by atoms with E-state index in [1.807, 2.05) is 0 Å². The van der Waals surface area contributed by atoms with Crippen LogP contribution in [0.4, 0.5) is 4.79 Å². The molecule has 9 heteroatoms. The van der Waals surface area contributed by atoms with Crippen molar-refractivity contribution < 1.29 is 13.2 Å². The first-order chi connectivity index (χ1) is 10.9. The summed E-state index contributed by atoms with van der Waals surface area (Å²) in [6, 6.07) is -0.193. The van der Waals surface area contributed by atoms with E-state index in [-0.39, 0.29) is 23.8 Å². The van der Waals surface area contributed by atoms with Crippen LogP contribution in [-0.2, 0) is 10.0 Å². The first-order valence-corrected chi connectivity index (χ1v) is 9.08. The van der Waals surface area contributed by atoms with Gasteiger partial charge in [-0.3, -0.25) is 0 Å². The number of hydrogen-bond acceptors (Lipinski definition) is 5. The molecule has 0 aromatic carbocycles. The highest BCUT2D eigenvalue weighted by Crippen LogP contribution is 2.22. The lowest BCUT2D eigenvalue weighted by Gasteiger charge is -2.30. The van der Waals surface area contributed by atoms with Crippen LogP contribution in [0.15, 0.2) is 24.1 Å². The van der Waals surface area contributed by atoms with Gasteiger partial charge in [0.05, 0.1) is 0 Å². The zero-order valence-electron chi connectivity index (χ0n) is 13.6. The minimum Gasteiger partial charge on any atom is -0.323 e. The van der Waals surface area contributed by atoms with E-state index in [1.165, 1.54) is 19.5 Å². The van der Waals surface area contributed by atoms with E-state index in [0.29, 0.717) is 0 Å². The van der Waals surface area contributed by atoms with Crippen LogP contribution in [0.3, 0.4) is 0 Å². The fourth-order valence-electron chi connectivity index (χ4n) is 2.66. The van der Waals surface area contributed by atoms with Crippen molar-refractivity contribution in [3.8, 4) is 0 Å². The molecular formula is C14H23N5O3S. The highest BCUT2D eigenvalue weighted by Gasteiger charge is 2.28. The van der Waals surface area contributed by atoms with Crippen LogP contribution in [-0.4, -0.2) is 65.1 Å². The van der Waals surface area contributed by atoms with Crippen LogP contribution in [0.1, 0.15) is 32.1 Å². The topological polar surface area (TPSA) is 88.4 Å². The van der Waals surface area contributed by atoms with E-state index >= 15 is 0 Å². The number of amides is 1. The smallest absolute Gasteiger partial charge is 0.323 e. The third-order valence-corrected chi connectivity index (χ3v) is 5.74. The lowest BCUT2D eigenvalue weighted by Crippen LogP contribution is -2.41. The Balaban J connectivity index is 2.14. The molecular weight excluding hydrogens is 318 g/mol. The van der Waals surface area contributed by atoms with Gasteiger partial charge < -0.3 is 4.90 Å². The molecule has 0 N–H and O–H groups in total. The molecule has 0 radical (unpaired) electrons. The molecule has 0 unspecified atom stereocenters. The molecule has 1 aromatic heterocycles. The van der Waals surface area contributed by atoms with E-state index < -0.39 is 10.0 Å². The van der Waals surface area contributed by atoms with Crippen LogP contribution < -0.4 is 0 Å². The summed E-state index contributed by atoms with van der Waals surface area (Å²) in [5.41, 5.74) is 0. The molecule has 0 spiro atoms. The Morgan fingerprint density at radius 3 is 2.65 bits per heavy atom. The van der Waals surface area contributed by atoms with Crippen molar-refractivity contribution in [2.45, 2.75) is 43.3 Å². The predicted octanol–water partition coefficient (Wildman–Crippen LogP) is 1.32. The standard InChI is InChI=1S/C14H23N5O3S/c1-4-10-17(2)23(21,22)13-15-11-19(16-13)14(20)18(3)12-8-6-5-7-9-12/h4,11-12H,1,5-10H2,2-3H3. The molecule has 1 aliphatic carbocycles. The monoisotopic (exact) mass is 341 g/mol. The molecule has 0 bridgehead atoms. The summed E-state index contributed by atoms with van der Waals surface area (Å²) in [6.45, 7) is 3.65. The van der Waals surface area contributed by atoms with Gasteiger partial charge in [-0.1, -0.05) is 25.3 Å². The van der Waals surface area contributed by atoms with Gasteiger partial charge in [-0.05, 0) is 12.8 Å². The van der Waals surface area contributed by atoms with Crippen molar-refractivity contribution in [2.24, 2.45) is 0 Å². The van der Waals surface area contributed by atoms with E-state index in [2.05, 4.69) is 16.7 Å². The summed E-state index contributed by atoms with van der Waals surface area (Å²) in [7, 11) is -0.685. The Bertz CT molecular complexity index is 664. The van der Waals surface area contributed by atoms with Gasteiger partial charge in [-0.25, -0.2) is 18.2 Å². The predicted molar refractivity (Wildman–Crippen MR) is 85.5 cm³/mol. The quantitative estimate of drug-likeness (QED) is 0.754. The largest absolute Gasteiger partial charge is 0.346 e. The van der Waals surface area contributed by atoms with Crippen molar-refractivity contribution >= 4 is 16.1 Å². The van der Waals surface area contributed by atoms with Crippen molar-refractivity contribution in [1.82, 2.24) is 24.0 Å². The van der Waals surface area contributed by atoms with Crippen molar-refractivity contribution in [2.75, 3.05) is 20.6 Å². The summed E-state index contributed by atoms with van der Waals surface area (Å²) in [4.78, 5) is 17.8. The van der Waals surface area contributed by atoms with Gasteiger partial charge in [0.25, 0.3) is 15.2 Å². The summed E-state index contributed by atoms with van der Waals surface area (Å²) >= 11 is 0. The number of nitrogens with zero attached hydrogens (tertiary/aromatic N) is 5. The Morgan fingerprint density at radius 1 is 1.39 bits per heavy atom. The Kier molecular flexibility index (Phi) is 5.53. The second-order valence-electron chi connectivity index (χ2n) is 5.73. The molecule has 0 atom stereocenters. The number of carbonyl (C=O) groups excluding carboxylic acids is 1. The van der Waals surface area contributed by atoms with Crippen LogP contribution in [0, 0.1) is 0 Å². The molecule has 1 saturated carbocycles. The number of carbonyl (C=O) groups is 1. The zero-order chi connectivity index (χ0) is 17.0. The normalized spacial score (nSPS) is 16.5. The zero-order valence-corrected chi connectivity index (χ0v) is 14.4. The van der Waals surface area contributed by atoms with Gasteiger partial charge in [-0.2, -0.15) is 8.99 Å². The fraction of sp³-hybridized carbons (Fsp3) is 0.643. The Labute approximate surface area is 136 Å². The van der Waals surface area contributed by atoms with Crippen molar-refractivity contribution in [3.05, 3.63) is 19.0 Å². The number of aromatic nitrogens is 3. The highest BCUT2D eigenvalue weighted by atomic mass is 32.2. The number of rotatable bonds is 5. The Morgan fingerprint density at radius 2 is 2.04 bits per heavy atom. The van der Waals surface area contributed by atoms with E-state index in [4.69, 9.17) is 0 Å². The van der Waals surface area contributed by atoms with Crippen LogP contribution >= 0.6 is 0 Å². The number of sulfonamides is 1. The molecule has 128 valence electrons. The second kappa shape index (κ2) is 7.22. The molecule has 0 saturated heterocycles. The maximum Gasteiger partial charge on any atom is 0.346 e.